The lowest BCUT2D eigenvalue weighted by Crippen LogP contribution is -2.69. The number of fused-ring (bicyclic) bond motifs is 5. The third-order valence-electron chi connectivity index (χ3n) is 14.4. The first-order chi connectivity index (χ1) is 16.1. The molecule has 6 aliphatic rings. The number of carbonyl (C=O) groups is 1. The molecule has 0 aromatic carbocycles. The monoisotopic (exact) mass is 484 g/mol. The van der Waals surface area contributed by atoms with E-state index < -0.39 is 0 Å². The highest BCUT2D eigenvalue weighted by Crippen LogP contribution is 2.81. The van der Waals surface area contributed by atoms with Crippen molar-refractivity contribution in [1.29, 1.82) is 0 Å². The van der Waals surface area contributed by atoms with E-state index in [1.54, 1.807) is 6.92 Å². The molecule has 3 heteroatoms. The first-order valence-corrected chi connectivity index (χ1v) is 14.9. The van der Waals surface area contributed by atoms with Crippen LogP contribution >= 0.6 is 0 Å². The SMILES string of the molecule is CC(=O)O[C@H]1CC[C@]2(C)[C@H]3CC[C@@H]4C56O[C@H]5C(C)(C)CC[C@]6(C)CC[C@@]4(C)[C@]3(C)CC[C@H]2C1(C)C. The maximum atomic E-state index is 11.9. The lowest BCUT2D eigenvalue weighted by atomic mass is 9.31. The summed E-state index contributed by atoms with van der Waals surface area (Å²) in [5, 5.41) is 0. The van der Waals surface area contributed by atoms with Crippen LogP contribution in [0.1, 0.15) is 127 Å². The number of hydrogen-bond acceptors (Lipinski definition) is 3. The van der Waals surface area contributed by atoms with Crippen LogP contribution in [0.2, 0.25) is 0 Å². The molecule has 35 heavy (non-hydrogen) atoms. The van der Waals surface area contributed by atoms with Crippen LogP contribution in [0.15, 0.2) is 0 Å². The normalized spacial score (nSPS) is 57.5. The molecule has 10 atom stereocenters. The highest BCUT2D eigenvalue weighted by molar-refractivity contribution is 5.66. The van der Waals surface area contributed by atoms with Crippen molar-refractivity contribution in [3.63, 3.8) is 0 Å². The number of hydrogen-bond donors (Lipinski definition) is 0. The van der Waals surface area contributed by atoms with Gasteiger partial charge in [0.15, 0.2) is 0 Å². The summed E-state index contributed by atoms with van der Waals surface area (Å²) in [6.45, 7) is 22.0. The quantitative estimate of drug-likeness (QED) is 0.280. The lowest BCUT2D eigenvalue weighted by Gasteiger charge is -2.73. The Morgan fingerprint density at radius 2 is 1.34 bits per heavy atom. The minimum atomic E-state index is -0.112. The van der Waals surface area contributed by atoms with Gasteiger partial charge in [-0.05, 0) is 109 Å². The van der Waals surface area contributed by atoms with Crippen LogP contribution in [0.3, 0.4) is 0 Å². The molecule has 0 N–H and O–H groups in total. The molecule has 0 amide bonds. The van der Waals surface area contributed by atoms with E-state index in [0.29, 0.717) is 45.0 Å². The second kappa shape index (κ2) is 6.89. The van der Waals surface area contributed by atoms with Crippen molar-refractivity contribution in [3.8, 4) is 0 Å². The van der Waals surface area contributed by atoms with Gasteiger partial charge in [-0.1, -0.05) is 55.4 Å². The minimum absolute atomic E-state index is 0.0413. The van der Waals surface area contributed by atoms with Crippen molar-refractivity contribution < 1.29 is 14.3 Å². The Morgan fingerprint density at radius 3 is 2.03 bits per heavy atom. The fourth-order valence-electron chi connectivity index (χ4n) is 12.3. The zero-order valence-corrected chi connectivity index (χ0v) is 24.2. The molecular formula is C32H52O3. The molecule has 1 unspecified atom stereocenters. The molecule has 5 aliphatic carbocycles. The topological polar surface area (TPSA) is 38.8 Å². The smallest absolute Gasteiger partial charge is 0.302 e. The Labute approximate surface area is 214 Å². The van der Waals surface area contributed by atoms with Crippen LogP contribution < -0.4 is 0 Å². The molecule has 5 saturated carbocycles. The van der Waals surface area contributed by atoms with Gasteiger partial charge in [-0.2, -0.15) is 0 Å². The Morgan fingerprint density at radius 1 is 0.714 bits per heavy atom. The minimum Gasteiger partial charge on any atom is -0.462 e. The van der Waals surface area contributed by atoms with Crippen LogP contribution in [0.25, 0.3) is 0 Å². The van der Waals surface area contributed by atoms with E-state index in [2.05, 4.69) is 55.4 Å². The fraction of sp³-hybridized carbons (Fsp3) is 0.969. The number of epoxide rings is 1. The first-order valence-electron chi connectivity index (χ1n) is 14.9. The highest BCUT2D eigenvalue weighted by Gasteiger charge is 2.82. The molecular weight excluding hydrogens is 432 g/mol. The molecule has 0 bridgehead atoms. The summed E-state index contributed by atoms with van der Waals surface area (Å²) in [4.78, 5) is 11.9. The maximum absolute atomic E-state index is 11.9. The third kappa shape index (κ3) is 2.76. The lowest BCUT2D eigenvalue weighted by molar-refractivity contribution is -0.253. The molecule has 0 aromatic rings. The summed E-state index contributed by atoms with van der Waals surface area (Å²) >= 11 is 0. The Balaban J connectivity index is 1.36. The van der Waals surface area contributed by atoms with Gasteiger partial charge in [0, 0.05) is 12.3 Å². The molecule has 6 rings (SSSR count). The summed E-state index contributed by atoms with van der Waals surface area (Å²) in [6.07, 6.45) is 13.4. The van der Waals surface area contributed by atoms with Gasteiger partial charge in [-0.15, -0.1) is 0 Å². The Hall–Kier alpha value is -0.570. The van der Waals surface area contributed by atoms with Gasteiger partial charge in [-0.3, -0.25) is 4.79 Å². The molecule has 1 aliphatic heterocycles. The molecule has 0 radical (unpaired) electrons. The third-order valence-corrected chi connectivity index (χ3v) is 14.4. The molecule has 6 fully saturated rings. The van der Waals surface area contributed by atoms with Gasteiger partial charge in [0.25, 0.3) is 0 Å². The van der Waals surface area contributed by atoms with Crippen molar-refractivity contribution in [2.24, 2.45) is 50.2 Å². The van der Waals surface area contributed by atoms with Crippen LogP contribution in [0.5, 0.6) is 0 Å². The fourth-order valence-corrected chi connectivity index (χ4v) is 12.3. The zero-order valence-electron chi connectivity index (χ0n) is 24.2. The van der Waals surface area contributed by atoms with E-state index in [1.165, 1.54) is 57.8 Å². The van der Waals surface area contributed by atoms with Gasteiger partial charge in [0.1, 0.15) is 11.7 Å². The van der Waals surface area contributed by atoms with Gasteiger partial charge in [0.2, 0.25) is 0 Å². The van der Waals surface area contributed by atoms with Crippen LogP contribution in [-0.4, -0.2) is 23.8 Å². The highest BCUT2D eigenvalue weighted by atomic mass is 16.6. The average molecular weight is 485 g/mol. The number of ether oxygens (including phenoxy) is 2. The summed E-state index contributed by atoms with van der Waals surface area (Å²) < 4.78 is 12.9. The second-order valence-electron chi connectivity index (χ2n) is 16.4. The van der Waals surface area contributed by atoms with Gasteiger partial charge >= 0.3 is 5.97 Å². The van der Waals surface area contributed by atoms with Crippen LogP contribution in [-0.2, 0) is 14.3 Å². The molecule has 3 nitrogen and oxygen atoms in total. The number of carbonyl (C=O) groups excluding carboxylic acids is 1. The van der Waals surface area contributed by atoms with Gasteiger partial charge < -0.3 is 9.47 Å². The summed E-state index contributed by atoms with van der Waals surface area (Å²) in [7, 11) is 0. The molecule has 1 saturated heterocycles. The van der Waals surface area contributed by atoms with E-state index in [-0.39, 0.29) is 23.1 Å². The largest absolute Gasteiger partial charge is 0.462 e. The van der Waals surface area contributed by atoms with E-state index in [1.807, 2.05) is 0 Å². The van der Waals surface area contributed by atoms with Crippen molar-refractivity contribution in [2.45, 2.75) is 144 Å². The molecule has 1 heterocycles. The Kier molecular flexibility index (Phi) is 4.87. The van der Waals surface area contributed by atoms with Crippen molar-refractivity contribution in [2.75, 3.05) is 0 Å². The van der Waals surface area contributed by atoms with E-state index >= 15 is 0 Å². The van der Waals surface area contributed by atoms with Gasteiger partial charge in [0.05, 0.1) is 6.10 Å². The number of rotatable bonds is 1. The summed E-state index contributed by atoms with van der Waals surface area (Å²) in [5.74, 6) is 1.96. The van der Waals surface area contributed by atoms with E-state index in [4.69, 9.17) is 9.47 Å². The standard InChI is InChI=1S/C32H52O3/c1-20(33)34-24-13-14-29(7)21(27(24,4)5)12-15-30(8)22(29)10-11-23-31(30,9)19-18-28(6)17-16-26(2,3)25-32(23,28)35-25/h21-25H,10-19H2,1-9H3/t21-,22+,23-,24-,25-,28+,29-,30+,31+,32?/m0/s1. The van der Waals surface area contributed by atoms with Crippen molar-refractivity contribution >= 4 is 5.97 Å². The van der Waals surface area contributed by atoms with Gasteiger partial charge in [-0.25, -0.2) is 0 Å². The Bertz CT molecular complexity index is 937. The van der Waals surface area contributed by atoms with E-state index in [9.17, 15) is 4.79 Å². The zero-order chi connectivity index (χ0) is 25.4. The molecule has 198 valence electrons. The average Bonchev–Trinajstić information content (AvgIpc) is 3.51. The molecule has 0 aromatic heterocycles. The number of esters is 1. The van der Waals surface area contributed by atoms with Crippen LogP contribution in [0.4, 0.5) is 0 Å². The molecule has 1 spiro atoms. The van der Waals surface area contributed by atoms with Crippen molar-refractivity contribution in [3.05, 3.63) is 0 Å². The predicted molar refractivity (Wildman–Crippen MR) is 140 cm³/mol. The summed E-state index contributed by atoms with van der Waals surface area (Å²) in [5.41, 5.74) is 1.89. The van der Waals surface area contributed by atoms with Crippen molar-refractivity contribution in [1.82, 2.24) is 0 Å². The van der Waals surface area contributed by atoms with Crippen LogP contribution in [0, 0.1) is 50.2 Å². The maximum Gasteiger partial charge on any atom is 0.302 e. The predicted octanol–water partition coefficient (Wildman–Crippen LogP) is 7.95. The second-order valence-corrected chi connectivity index (χ2v) is 16.4. The first kappa shape index (κ1) is 24.7. The summed E-state index contributed by atoms with van der Waals surface area (Å²) in [6, 6.07) is 0. The van der Waals surface area contributed by atoms with E-state index in [0.717, 1.165) is 12.3 Å².